The Morgan fingerprint density at radius 2 is 1.95 bits per heavy atom. The molecule has 2 nitrogen and oxygen atoms in total. The van der Waals surface area contributed by atoms with Crippen LogP contribution in [0.25, 0.3) is 0 Å². The lowest BCUT2D eigenvalue weighted by atomic mass is 10.1. The van der Waals surface area contributed by atoms with Gasteiger partial charge < -0.3 is 10.2 Å². The molecule has 1 unspecified atom stereocenters. The van der Waals surface area contributed by atoms with E-state index in [9.17, 15) is 0 Å². The highest BCUT2D eigenvalue weighted by Crippen LogP contribution is 2.28. The number of para-hydroxylation sites is 1. The zero-order valence-corrected chi connectivity index (χ0v) is 13.6. The number of hydrogen-bond donors (Lipinski definition) is 1. The van der Waals surface area contributed by atoms with Crippen LogP contribution in [0.1, 0.15) is 52.5 Å². The van der Waals surface area contributed by atoms with Gasteiger partial charge in [-0.2, -0.15) is 0 Å². The Labute approximate surface area is 124 Å². The molecule has 0 amide bonds. The van der Waals surface area contributed by atoms with Crippen LogP contribution >= 0.6 is 0 Å². The van der Waals surface area contributed by atoms with Gasteiger partial charge in [-0.15, -0.1) is 0 Å². The largest absolute Gasteiger partial charge is 0.369 e. The number of hydrogen-bond acceptors (Lipinski definition) is 2. The second-order valence-electron chi connectivity index (χ2n) is 7.09. The molecule has 1 aromatic rings. The quantitative estimate of drug-likeness (QED) is 0.893. The van der Waals surface area contributed by atoms with Crippen molar-refractivity contribution >= 4 is 5.69 Å². The number of nitrogens with zero attached hydrogens (tertiary/aromatic N) is 1. The number of anilines is 1. The van der Waals surface area contributed by atoms with Gasteiger partial charge in [0.25, 0.3) is 0 Å². The Kier molecular flexibility index (Phi) is 5.09. The van der Waals surface area contributed by atoms with Gasteiger partial charge in [0, 0.05) is 23.8 Å². The fourth-order valence-electron chi connectivity index (χ4n) is 2.99. The second kappa shape index (κ2) is 6.62. The van der Waals surface area contributed by atoms with Crippen LogP contribution in [0, 0.1) is 0 Å². The lowest BCUT2D eigenvalue weighted by molar-refractivity contribution is 0.408. The molecule has 0 aromatic heterocycles. The minimum atomic E-state index is 0.219. The van der Waals surface area contributed by atoms with Gasteiger partial charge in [-0.05, 0) is 71.6 Å². The smallest absolute Gasteiger partial charge is 0.0401 e. The summed E-state index contributed by atoms with van der Waals surface area (Å²) in [6, 6.07) is 9.55. The Morgan fingerprint density at radius 3 is 2.70 bits per heavy atom. The maximum Gasteiger partial charge on any atom is 0.0401 e. The number of fused-ring (bicyclic) bond motifs is 1. The van der Waals surface area contributed by atoms with Gasteiger partial charge in [0.15, 0.2) is 0 Å². The Hall–Kier alpha value is -1.02. The van der Waals surface area contributed by atoms with Crippen molar-refractivity contribution in [2.24, 2.45) is 0 Å². The molecule has 1 heterocycles. The molecule has 2 rings (SSSR count). The molecule has 0 fully saturated rings. The van der Waals surface area contributed by atoms with E-state index in [2.05, 4.69) is 62.2 Å². The molecule has 20 heavy (non-hydrogen) atoms. The minimum Gasteiger partial charge on any atom is -0.369 e. The number of aryl methyl sites for hydroxylation is 1. The zero-order valence-electron chi connectivity index (χ0n) is 13.6. The Balaban J connectivity index is 2.00. The third-order valence-corrected chi connectivity index (χ3v) is 4.15. The average molecular weight is 274 g/mol. The highest BCUT2D eigenvalue weighted by Gasteiger charge is 2.20. The van der Waals surface area contributed by atoms with E-state index in [1.54, 1.807) is 0 Å². The van der Waals surface area contributed by atoms with Crippen LogP contribution in [0.3, 0.4) is 0 Å². The molecule has 1 aliphatic rings. The van der Waals surface area contributed by atoms with Crippen LogP contribution in [0.2, 0.25) is 0 Å². The first-order chi connectivity index (χ1) is 9.47. The summed E-state index contributed by atoms with van der Waals surface area (Å²) in [6.07, 6.45) is 5.07. The fourth-order valence-corrected chi connectivity index (χ4v) is 2.99. The van der Waals surface area contributed by atoms with Gasteiger partial charge in [-0.1, -0.05) is 18.2 Å². The molecular weight excluding hydrogens is 244 g/mol. The highest BCUT2D eigenvalue weighted by molar-refractivity contribution is 5.55. The number of nitrogens with one attached hydrogen (secondary N) is 1. The predicted octanol–water partition coefficient (Wildman–Crippen LogP) is 4.00. The van der Waals surface area contributed by atoms with E-state index in [0.717, 1.165) is 6.54 Å². The van der Waals surface area contributed by atoms with Gasteiger partial charge >= 0.3 is 0 Å². The summed E-state index contributed by atoms with van der Waals surface area (Å²) in [5, 5.41) is 3.60. The van der Waals surface area contributed by atoms with Crippen LogP contribution in [0.15, 0.2) is 24.3 Å². The maximum atomic E-state index is 3.60. The third kappa shape index (κ3) is 4.24. The number of rotatable bonds is 4. The molecule has 0 saturated carbocycles. The van der Waals surface area contributed by atoms with Crippen LogP contribution in [0.4, 0.5) is 5.69 Å². The van der Waals surface area contributed by atoms with Gasteiger partial charge in [0.2, 0.25) is 0 Å². The van der Waals surface area contributed by atoms with Crippen molar-refractivity contribution in [1.29, 1.82) is 0 Å². The van der Waals surface area contributed by atoms with Gasteiger partial charge in [-0.25, -0.2) is 0 Å². The summed E-state index contributed by atoms with van der Waals surface area (Å²) < 4.78 is 0. The molecule has 1 aromatic carbocycles. The molecule has 0 saturated heterocycles. The molecule has 0 bridgehead atoms. The Bertz CT molecular complexity index is 420. The molecule has 1 atom stereocenters. The topological polar surface area (TPSA) is 15.3 Å². The van der Waals surface area contributed by atoms with Gasteiger partial charge in [-0.3, -0.25) is 0 Å². The van der Waals surface area contributed by atoms with Crippen molar-refractivity contribution in [2.75, 3.05) is 18.0 Å². The SMILES string of the molecule is CC(CCNC(C)(C)C)N1CCCCc2ccccc21. The van der Waals surface area contributed by atoms with E-state index in [-0.39, 0.29) is 5.54 Å². The highest BCUT2D eigenvalue weighted by atomic mass is 15.2. The van der Waals surface area contributed by atoms with Crippen molar-refractivity contribution < 1.29 is 0 Å². The molecule has 0 spiro atoms. The van der Waals surface area contributed by atoms with E-state index in [1.807, 2.05) is 0 Å². The summed E-state index contributed by atoms with van der Waals surface area (Å²) in [5.74, 6) is 0. The molecule has 0 aliphatic carbocycles. The van der Waals surface area contributed by atoms with Crippen molar-refractivity contribution in [3.63, 3.8) is 0 Å². The molecular formula is C18H30N2. The van der Waals surface area contributed by atoms with Gasteiger partial charge in [0.1, 0.15) is 0 Å². The molecule has 2 heteroatoms. The number of benzene rings is 1. The molecule has 1 aliphatic heterocycles. The van der Waals surface area contributed by atoms with Crippen LogP contribution in [-0.2, 0) is 6.42 Å². The maximum absolute atomic E-state index is 3.60. The van der Waals surface area contributed by atoms with Gasteiger partial charge in [0.05, 0.1) is 0 Å². The Morgan fingerprint density at radius 1 is 1.20 bits per heavy atom. The van der Waals surface area contributed by atoms with Crippen molar-refractivity contribution in [3.05, 3.63) is 29.8 Å². The van der Waals surface area contributed by atoms with E-state index < -0.39 is 0 Å². The summed E-state index contributed by atoms with van der Waals surface area (Å²) in [7, 11) is 0. The zero-order chi connectivity index (χ0) is 14.6. The van der Waals surface area contributed by atoms with E-state index in [0.29, 0.717) is 6.04 Å². The van der Waals surface area contributed by atoms with Crippen LogP contribution < -0.4 is 10.2 Å². The lowest BCUT2D eigenvalue weighted by Gasteiger charge is -2.32. The second-order valence-corrected chi connectivity index (χ2v) is 7.09. The molecule has 1 N–H and O–H groups in total. The first-order valence-electron chi connectivity index (χ1n) is 8.07. The first kappa shape index (κ1) is 15.4. The average Bonchev–Trinajstić information content (AvgIpc) is 2.59. The standard InChI is InChI=1S/C18H30N2/c1-15(12-13-19-18(2,3)4)20-14-8-7-10-16-9-5-6-11-17(16)20/h5-6,9,11,15,19H,7-8,10,12-14H2,1-4H3. The monoisotopic (exact) mass is 274 g/mol. The van der Waals surface area contributed by atoms with Crippen molar-refractivity contribution in [2.45, 2.75) is 65.0 Å². The third-order valence-electron chi connectivity index (χ3n) is 4.15. The van der Waals surface area contributed by atoms with Crippen LogP contribution in [0.5, 0.6) is 0 Å². The molecule has 0 radical (unpaired) electrons. The minimum absolute atomic E-state index is 0.219. The lowest BCUT2D eigenvalue weighted by Crippen LogP contribution is -2.41. The van der Waals surface area contributed by atoms with Crippen LogP contribution in [-0.4, -0.2) is 24.7 Å². The summed E-state index contributed by atoms with van der Waals surface area (Å²) in [4.78, 5) is 2.62. The normalized spacial score (nSPS) is 17.5. The van der Waals surface area contributed by atoms with E-state index >= 15 is 0 Å². The first-order valence-corrected chi connectivity index (χ1v) is 8.07. The summed E-state index contributed by atoms with van der Waals surface area (Å²) in [6.45, 7) is 11.4. The summed E-state index contributed by atoms with van der Waals surface area (Å²) in [5.41, 5.74) is 3.21. The fraction of sp³-hybridized carbons (Fsp3) is 0.667. The van der Waals surface area contributed by atoms with Crippen molar-refractivity contribution in [1.82, 2.24) is 5.32 Å². The summed E-state index contributed by atoms with van der Waals surface area (Å²) >= 11 is 0. The predicted molar refractivity (Wildman–Crippen MR) is 88.6 cm³/mol. The van der Waals surface area contributed by atoms with Crippen molar-refractivity contribution in [3.8, 4) is 0 Å². The van der Waals surface area contributed by atoms with E-state index in [4.69, 9.17) is 0 Å². The molecule has 112 valence electrons. The van der Waals surface area contributed by atoms with E-state index in [1.165, 1.54) is 43.5 Å².